The Morgan fingerprint density at radius 1 is 0.553 bits per heavy atom. The summed E-state index contributed by atoms with van der Waals surface area (Å²) in [5.74, 6) is 0.245. The van der Waals surface area contributed by atoms with Crippen molar-refractivity contribution < 1.29 is 39.4 Å². The van der Waals surface area contributed by atoms with E-state index in [1.54, 1.807) is 0 Å². The summed E-state index contributed by atoms with van der Waals surface area (Å²) in [6.45, 7) is 7.37. The van der Waals surface area contributed by atoms with Crippen molar-refractivity contribution in [2.75, 3.05) is 19.8 Å². The van der Waals surface area contributed by atoms with Gasteiger partial charge in [-0.25, -0.2) is 0 Å². The van der Waals surface area contributed by atoms with Crippen molar-refractivity contribution in [2.24, 2.45) is 5.92 Å². The summed E-state index contributed by atoms with van der Waals surface area (Å²) >= 11 is 0. The molecule has 0 bridgehead atoms. The fraction of sp³-hybridized carbons (Fsp3) is 0.974. The van der Waals surface area contributed by atoms with Crippen LogP contribution in [-0.4, -0.2) is 82.8 Å². The standard InChI is InChI=1S/C39H76O8/c1-4-6-8-10-12-14-16-17-19-21-23-25-27-34(40)47-33(31-46-39-37(43)35(41)36(42)38(39)44)30-45-29-28-32(3)26-24-22-20-18-15-13-11-9-7-5-2/h32-33,35-39,41-44H,4-31H2,1-3H3. The van der Waals surface area contributed by atoms with E-state index in [4.69, 9.17) is 14.2 Å². The monoisotopic (exact) mass is 673 g/mol. The first-order chi connectivity index (χ1) is 22.8. The van der Waals surface area contributed by atoms with Crippen LogP contribution in [0.15, 0.2) is 0 Å². The van der Waals surface area contributed by atoms with Gasteiger partial charge in [0.25, 0.3) is 0 Å². The van der Waals surface area contributed by atoms with Crippen LogP contribution >= 0.6 is 0 Å². The first-order valence-corrected chi connectivity index (χ1v) is 19.9. The summed E-state index contributed by atoms with van der Waals surface area (Å²) in [7, 11) is 0. The van der Waals surface area contributed by atoms with E-state index in [0.29, 0.717) is 18.9 Å². The van der Waals surface area contributed by atoms with Gasteiger partial charge in [0.2, 0.25) is 0 Å². The molecule has 6 atom stereocenters. The van der Waals surface area contributed by atoms with Gasteiger partial charge in [0.15, 0.2) is 0 Å². The Labute approximate surface area is 288 Å². The maximum Gasteiger partial charge on any atom is 0.306 e. The topological polar surface area (TPSA) is 126 Å². The first kappa shape index (κ1) is 44.3. The molecule has 280 valence electrons. The third kappa shape index (κ3) is 22.5. The van der Waals surface area contributed by atoms with Crippen LogP contribution in [0.4, 0.5) is 0 Å². The molecule has 4 N–H and O–H groups in total. The van der Waals surface area contributed by atoms with Crippen molar-refractivity contribution in [1.82, 2.24) is 0 Å². The van der Waals surface area contributed by atoms with Gasteiger partial charge in [0.05, 0.1) is 13.2 Å². The van der Waals surface area contributed by atoms with E-state index in [0.717, 1.165) is 25.7 Å². The lowest BCUT2D eigenvalue weighted by Crippen LogP contribution is -2.39. The number of aliphatic hydroxyl groups excluding tert-OH is 4. The van der Waals surface area contributed by atoms with Crippen molar-refractivity contribution in [2.45, 2.75) is 218 Å². The lowest BCUT2D eigenvalue weighted by molar-refractivity contribution is -0.163. The smallest absolute Gasteiger partial charge is 0.306 e. The van der Waals surface area contributed by atoms with E-state index in [1.807, 2.05) is 0 Å². The van der Waals surface area contributed by atoms with Crippen molar-refractivity contribution in [3.8, 4) is 0 Å². The molecule has 0 heterocycles. The summed E-state index contributed by atoms with van der Waals surface area (Å²) < 4.78 is 17.3. The van der Waals surface area contributed by atoms with Crippen LogP contribution in [-0.2, 0) is 19.0 Å². The van der Waals surface area contributed by atoms with Crippen LogP contribution < -0.4 is 0 Å². The van der Waals surface area contributed by atoms with Crippen LogP contribution in [0.1, 0.15) is 181 Å². The van der Waals surface area contributed by atoms with Gasteiger partial charge >= 0.3 is 5.97 Å². The highest BCUT2D eigenvalue weighted by Crippen LogP contribution is 2.25. The second-order valence-corrected chi connectivity index (χ2v) is 14.5. The second-order valence-electron chi connectivity index (χ2n) is 14.5. The third-order valence-electron chi connectivity index (χ3n) is 9.84. The molecule has 1 aliphatic carbocycles. The number of ether oxygens (including phenoxy) is 3. The SMILES string of the molecule is CCCCCCCCCCCCCCC(=O)OC(COCCC(C)CCCCCCCCCCCC)COC1C(O)C(O)C(O)C1O. The molecular formula is C39H76O8. The van der Waals surface area contributed by atoms with Crippen LogP contribution in [0.3, 0.4) is 0 Å². The Bertz CT molecular complexity index is 692. The normalized spacial score (nSPS) is 22.5. The van der Waals surface area contributed by atoms with Gasteiger partial charge in [-0.05, 0) is 18.8 Å². The van der Waals surface area contributed by atoms with Crippen molar-refractivity contribution in [3.63, 3.8) is 0 Å². The van der Waals surface area contributed by atoms with Crippen molar-refractivity contribution in [1.29, 1.82) is 0 Å². The van der Waals surface area contributed by atoms with E-state index in [9.17, 15) is 25.2 Å². The molecule has 0 amide bonds. The summed E-state index contributed by atoms with van der Waals surface area (Å²) in [4.78, 5) is 12.7. The fourth-order valence-electron chi connectivity index (χ4n) is 6.51. The molecular weight excluding hydrogens is 596 g/mol. The zero-order chi connectivity index (χ0) is 34.5. The molecule has 1 fully saturated rings. The van der Waals surface area contributed by atoms with Crippen molar-refractivity contribution >= 4 is 5.97 Å². The lowest BCUT2D eigenvalue weighted by Gasteiger charge is -2.24. The Kier molecular flexibility index (Phi) is 28.3. The molecule has 1 saturated carbocycles. The number of hydrogen-bond donors (Lipinski definition) is 4. The average molecular weight is 673 g/mol. The predicted molar refractivity (Wildman–Crippen MR) is 190 cm³/mol. The third-order valence-corrected chi connectivity index (χ3v) is 9.84. The molecule has 0 spiro atoms. The maximum absolute atomic E-state index is 12.7. The van der Waals surface area contributed by atoms with E-state index < -0.39 is 36.6 Å². The average Bonchev–Trinajstić information content (AvgIpc) is 3.24. The number of carbonyl (C=O) groups is 1. The molecule has 8 nitrogen and oxygen atoms in total. The summed E-state index contributed by atoms with van der Waals surface area (Å²) in [5.41, 5.74) is 0. The highest BCUT2D eigenvalue weighted by atomic mass is 16.6. The lowest BCUT2D eigenvalue weighted by atomic mass is 9.99. The Morgan fingerprint density at radius 2 is 0.979 bits per heavy atom. The van der Waals surface area contributed by atoms with E-state index in [-0.39, 0.29) is 19.2 Å². The molecule has 0 aromatic heterocycles. The summed E-state index contributed by atoms with van der Waals surface area (Å²) in [6, 6.07) is 0. The van der Waals surface area contributed by atoms with E-state index >= 15 is 0 Å². The largest absolute Gasteiger partial charge is 0.457 e. The van der Waals surface area contributed by atoms with Crippen molar-refractivity contribution in [3.05, 3.63) is 0 Å². The molecule has 1 aliphatic rings. The van der Waals surface area contributed by atoms with Gasteiger partial charge in [-0.2, -0.15) is 0 Å². The minimum Gasteiger partial charge on any atom is -0.457 e. The molecule has 0 saturated heterocycles. The number of carbonyl (C=O) groups excluding carboxylic acids is 1. The fourth-order valence-corrected chi connectivity index (χ4v) is 6.51. The summed E-state index contributed by atoms with van der Waals surface area (Å²) in [5, 5.41) is 40.1. The second kappa shape index (κ2) is 30.1. The highest BCUT2D eigenvalue weighted by Gasteiger charge is 2.49. The van der Waals surface area contributed by atoms with Gasteiger partial charge in [0, 0.05) is 13.0 Å². The Morgan fingerprint density at radius 3 is 1.45 bits per heavy atom. The minimum absolute atomic E-state index is 0.101. The van der Waals surface area contributed by atoms with Gasteiger partial charge in [0.1, 0.15) is 36.6 Å². The van der Waals surface area contributed by atoms with E-state index in [2.05, 4.69) is 20.8 Å². The van der Waals surface area contributed by atoms with Crippen LogP contribution in [0.5, 0.6) is 0 Å². The highest BCUT2D eigenvalue weighted by molar-refractivity contribution is 5.69. The molecule has 6 unspecified atom stereocenters. The molecule has 0 aliphatic heterocycles. The van der Waals surface area contributed by atoms with Gasteiger partial charge in [-0.15, -0.1) is 0 Å². The maximum atomic E-state index is 12.7. The number of aliphatic hydroxyl groups is 4. The predicted octanol–water partition coefficient (Wildman–Crippen LogP) is 8.19. The van der Waals surface area contributed by atoms with E-state index in [1.165, 1.54) is 128 Å². The number of hydrogen-bond acceptors (Lipinski definition) is 8. The molecule has 47 heavy (non-hydrogen) atoms. The molecule has 8 heteroatoms. The van der Waals surface area contributed by atoms with Crippen LogP contribution in [0, 0.1) is 5.92 Å². The van der Waals surface area contributed by atoms with Crippen LogP contribution in [0.25, 0.3) is 0 Å². The Balaban J connectivity index is 2.29. The molecule has 0 aromatic carbocycles. The molecule has 1 rings (SSSR count). The van der Waals surface area contributed by atoms with Gasteiger partial charge in [-0.1, -0.05) is 162 Å². The molecule has 0 radical (unpaired) electrons. The van der Waals surface area contributed by atoms with Gasteiger partial charge < -0.3 is 34.6 Å². The number of unbranched alkanes of at least 4 members (excludes halogenated alkanes) is 20. The quantitative estimate of drug-likeness (QED) is 0.0406. The molecule has 0 aromatic rings. The Hall–Kier alpha value is -0.770. The zero-order valence-corrected chi connectivity index (χ0v) is 30.8. The number of rotatable bonds is 33. The number of esters is 1. The zero-order valence-electron chi connectivity index (χ0n) is 30.8. The minimum atomic E-state index is -1.49. The first-order valence-electron chi connectivity index (χ1n) is 19.9. The van der Waals surface area contributed by atoms with Gasteiger partial charge in [-0.3, -0.25) is 4.79 Å². The summed E-state index contributed by atoms with van der Waals surface area (Å²) in [6.07, 6.45) is 22.8. The van der Waals surface area contributed by atoms with Crippen LogP contribution in [0.2, 0.25) is 0 Å².